The maximum atomic E-state index is 14.0. The van der Waals surface area contributed by atoms with Crippen LogP contribution in [0.2, 0.25) is 0 Å². The lowest BCUT2D eigenvalue weighted by Gasteiger charge is -2.39. The number of hydrogen-bond donors (Lipinski definition) is 0. The number of aryl methyl sites for hydroxylation is 1. The molecule has 3 rings (SSSR count). The molecule has 1 fully saturated rings. The Morgan fingerprint density at radius 2 is 2.27 bits per heavy atom. The third-order valence-electron chi connectivity index (χ3n) is 4.60. The molecule has 1 aromatic carbocycles. The Balaban J connectivity index is 1.58. The lowest BCUT2D eigenvalue weighted by atomic mass is 10.1. The third kappa shape index (κ3) is 4.44. The summed E-state index contributed by atoms with van der Waals surface area (Å²) in [7, 11) is 0. The number of carbonyl (C=O) groups is 1. The number of ether oxygens (including phenoxy) is 1. The van der Waals surface area contributed by atoms with Gasteiger partial charge in [-0.3, -0.25) is 14.6 Å². The molecule has 1 aromatic heterocycles. The summed E-state index contributed by atoms with van der Waals surface area (Å²) in [6.45, 7) is 8.78. The van der Waals surface area contributed by atoms with Gasteiger partial charge in [-0.05, 0) is 26.0 Å². The molecule has 26 heavy (non-hydrogen) atoms. The van der Waals surface area contributed by atoms with Crippen molar-refractivity contribution in [2.24, 2.45) is 0 Å². The van der Waals surface area contributed by atoms with Crippen LogP contribution in [0.15, 0.2) is 22.7 Å². The first-order chi connectivity index (χ1) is 12.6. The fourth-order valence-electron chi connectivity index (χ4n) is 3.20. The zero-order valence-corrected chi connectivity index (χ0v) is 15.0. The maximum Gasteiger partial charge on any atom is 0.293 e. The molecule has 0 N–H and O–H groups in total. The van der Waals surface area contributed by atoms with Gasteiger partial charge in [-0.15, -0.1) is 0 Å². The summed E-state index contributed by atoms with van der Waals surface area (Å²) in [6, 6.07) is 5.15. The van der Waals surface area contributed by atoms with Crippen molar-refractivity contribution in [1.29, 1.82) is 0 Å². The molecule has 2 heterocycles. The highest BCUT2D eigenvalue weighted by atomic mass is 19.1. The average molecular weight is 362 g/mol. The van der Waals surface area contributed by atoms with Crippen LogP contribution in [0.5, 0.6) is 0 Å². The van der Waals surface area contributed by atoms with E-state index in [1.165, 1.54) is 6.07 Å². The summed E-state index contributed by atoms with van der Waals surface area (Å²) in [6.07, 6.45) is 0. The molecule has 8 heteroatoms. The SMILES string of the molecule is Cc1ccc(F)c(-c2nc(CN3CCN(CCOC=O)[C@@H](C)C3)no2)c1. The summed E-state index contributed by atoms with van der Waals surface area (Å²) < 4.78 is 24.0. The lowest BCUT2D eigenvalue weighted by Crippen LogP contribution is -2.52. The van der Waals surface area contributed by atoms with Gasteiger partial charge in [-0.25, -0.2) is 4.39 Å². The molecule has 0 unspecified atom stereocenters. The van der Waals surface area contributed by atoms with Crippen molar-refractivity contribution >= 4 is 6.47 Å². The fraction of sp³-hybridized carbons (Fsp3) is 0.500. The Morgan fingerprint density at radius 1 is 1.42 bits per heavy atom. The van der Waals surface area contributed by atoms with Crippen LogP contribution in [0, 0.1) is 12.7 Å². The van der Waals surface area contributed by atoms with E-state index in [0.717, 1.165) is 31.7 Å². The number of rotatable bonds is 7. The van der Waals surface area contributed by atoms with Gasteiger partial charge in [0.05, 0.1) is 12.1 Å². The summed E-state index contributed by atoms with van der Waals surface area (Å²) in [4.78, 5) is 19.1. The minimum Gasteiger partial charge on any atom is -0.467 e. The number of piperazine rings is 1. The average Bonchev–Trinajstić information content (AvgIpc) is 3.07. The van der Waals surface area contributed by atoms with Gasteiger partial charge in [0.1, 0.15) is 12.4 Å². The van der Waals surface area contributed by atoms with Crippen LogP contribution in [0.4, 0.5) is 4.39 Å². The van der Waals surface area contributed by atoms with Gasteiger partial charge >= 0.3 is 0 Å². The number of nitrogens with zero attached hydrogens (tertiary/aromatic N) is 4. The van der Waals surface area contributed by atoms with E-state index in [1.807, 2.05) is 6.92 Å². The highest BCUT2D eigenvalue weighted by Gasteiger charge is 2.25. The van der Waals surface area contributed by atoms with E-state index in [0.29, 0.717) is 37.1 Å². The molecule has 0 bridgehead atoms. The van der Waals surface area contributed by atoms with Crippen molar-refractivity contribution in [2.75, 3.05) is 32.8 Å². The first-order valence-corrected chi connectivity index (χ1v) is 8.67. The molecule has 0 radical (unpaired) electrons. The molecule has 0 spiro atoms. The van der Waals surface area contributed by atoms with Crippen LogP contribution < -0.4 is 0 Å². The van der Waals surface area contributed by atoms with Gasteiger partial charge in [-0.2, -0.15) is 4.98 Å². The summed E-state index contributed by atoms with van der Waals surface area (Å²) in [5.74, 6) is 0.385. The maximum absolute atomic E-state index is 14.0. The molecule has 1 aliphatic heterocycles. The van der Waals surface area contributed by atoms with E-state index in [9.17, 15) is 9.18 Å². The van der Waals surface area contributed by atoms with E-state index in [-0.39, 0.29) is 11.7 Å². The first-order valence-electron chi connectivity index (χ1n) is 8.67. The van der Waals surface area contributed by atoms with Gasteiger partial charge in [0.2, 0.25) is 0 Å². The predicted octanol–water partition coefficient (Wildman–Crippen LogP) is 1.86. The van der Waals surface area contributed by atoms with E-state index in [4.69, 9.17) is 9.26 Å². The normalized spacial score (nSPS) is 18.8. The second-order valence-electron chi connectivity index (χ2n) is 6.59. The highest BCUT2D eigenvalue weighted by Crippen LogP contribution is 2.22. The molecule has 0 saturated carbocycles. The lowest BCUT2D eigenvalue weighted by molar-refractivity contribution is -0.129. The quantitative estimate of drug-likeness (QED) is 0.550. The first kappa shape index (κ1) is 18.5. The van der Waals surface area contributed by atoms with Crippen LogP contribution in [-0.4, -0.2) is 65.2 Å². The number of halogens is 1. The summed E-state index contributed by atoms with van der Waals surface area (Å²) in [5, 5.41) is 4.00. The van der Waals surface area contributed by atoms with Gasteiger partial charge < -0.3 is 9.26 Å². The fourth-order valence-corrected chi connectivity index (χ4v) is 3.20. The van der Waals surface area contributed by atoms with Crippen molar-refractivity contribution in [2.45, 2.75) is 26.4 Å². The number of aromatic nitrogens is 2. The van der Waals surface area contributed by atoms with Crippen LogP contribution in [-0.2, 0) is 16.1 Å². The molecule has 140 valence electrons. The molecule has 1 aliphatic rings. The number of benzene rings is 1. The van der Waals surface area contributed by atoms with Gasteiger partial charge in [0.15, 0.2) is 5.82 Å². The van der Waals surface area contributed by atoms with Gasteiger partial charge in [0, 0.05) is 32.2 Å². The van der Waals surface area contributed by atoms with Crippen LogP contribution in [0.25, 0.3) is 11.5 Å². The Bertz CT molecular complexity index is 752. The van der Waals surface area contributed by atoms with Crippen molar-refractivity contribution in [3.63, 3.8) is 0 Å². The topological polar surface area (TPSA) is 71.7 Å². The standard InChI is InChI=1S/C18H23FN4O3/c1-13-3-4-16(19)15(9-13)18-20-17(21-26-18)11-22-5-6-23(14(2)10-22)7-8-25-12-24/h3-4,9,12,14H,5-8,10-11H2,1-2H3/t14-/m0/s1. The number of carbonyl (C=O) groups excluding carboxylic acids is 1. The predicted molar refractivity (Wildman–Crippen MR) is 92.8 cm³/mol. The van der Waals surface area contributed by atoms with Crippen molar-refractivity contribution < 1.29 is 18.4 Å². The van der Waals surface area contributed by atoms with E-state index in [2.05, 4.69) is 26.9 Å². The Morgan fingerprint density at radius 3 is 3.04 bits per heavy atom. The zero-order valence-electron chi connectivity index (χ0n) is 15.0. The van der Waals surface area contributed by atoms with Crippen LogP contribution in [0.3, 0.4) is 0 Å². The Labute approximate surface area is 151 Å². The molecule has 1 atom stereocenters. The van der Waals surface area contributed by atoms with Gasteiger partial charge in [0.25, 0.3) is 12.4 Å². The van der Waals surface area contributed by atoms with Crippen molar-refractivity contribution in [1.82, 2.24) is 19.9 Å². The molecular formula is C18H23FN4O3. The molecule has 2 aromatic rings. The van der Waals surface area contributed by atoms with Crippen molar-refractivity contribution in [3.8, 4) is 11.5 Å². The smallest absolute Gasteiger partial charge is 0.293 e. The van der Waals surface area contributed by atoms with E-state index >= 15 is 0 Å². The largest absolute Gasteiger partial charge is 0.467 e. The van der Waals surface area contributed by atoms with Crippen molar-refractivity contribution in [3.05, 3.63) is 35.4 Å². The zero-order chi connectivity index (χ0) is 18.5. The Kier molecular flexibility index (Phi) is 5.95. The monoisotopic (exact) mass is 362 g/mol. The molecule has 7 nitrogen and oxygen atoms in total. The molecule has 1 saturated heterocycles. The molecule has 0 amide bonds. The second kappa shape index (κ2) is 8.37. The van der Waals surface area contributed by atoms with E-state index < -0.39 is 0 Å². The van der Waals surface area contributed by atoms with Crippen LogP contribution in [0.1, 0.15) is 18.3 Å². The van der Waals surface area contributed by atoms with E-state index in [1.54, 1.807) is 12.1 Å². The minimum atomic E-state index is -0.370. The second-order valence-corrected chi connectivity index (χ2v) is 6.59. The summed E-state index contributed by atoms with van der Waals surface area (Å²) in [5.41, 5.74) is 1.27. The van der Waals surface area contributed by atoms with Crippen LogP contribution >= 0.6 is 0 Å². The third-order valence-corrected chi connectivity index (χ3v) is 4.60. The van der Waals surface area contributed by atoms with Gasteiger partial charge in [-0.1, -0.05) is 16.8 Å². The molecule has 0 aliphatic carbocycles. The number of hydrogen-bond acceptors (Lipinski definition) is 7. The molecular weight excluding hydrogens is 339 g/mol. The minimum absolute atomic E-state index is 0.207. The Hall–Kier alpha value is -2.32. The summed E-state index contributed by atoms with van der Waals surface area (Å²) >= 11 is 0. The highest BCUT2D eigenvalue weighted by molar-refractivity contribution is 5.55.